The highest BCUT2D eigenvalue weighted by atomic mass is 16.6. The van der Waals surface area contributed by atoms with Crippen LogP contribution in [-0.4, -0.2) is 62.3 Å². The molecule has 9 heteroatoms. The lowest BCUT2D eigenvalue weighted by atomic mass is 9.89. The molecule has 2 amide bonds. The molecule has 1 fully saturated rings. The van der Waals surface area contributed by atoms with E-state index in [-0.39, 0.29) is 23.4 Å². The zero-order chi connectivity index (χ0) is 22.8. The van der Waals surface area contributed by atoms with Gasteiger partial charge in [0.1, 0.15) is 5.69 Å². The third-order valence-electron chi connectivity index (χ3n) is 6.23. The number of rotatable bonds is 4. The van der Waals surface area contributed by atoms with Crippen molar-refractivity contribution in [3.8, 4) is 0 Å². The number of carbonyl (C=O) groups is 2. The molecule has 2 aliphatic heterocycles. The maximum Gasteiger partial charge on any atom is 0.287 e. The molecule has 0 unspecified atom stereocenters. The molecular formula is C23H27N5O4. The monoisotopic (exact) mass is 437 g/mol. The number of hydrogen-bond donors (Lipinski definition) is 0. The summed E-state index contributed by atoms with van der Waals surface area (Å²) in [6.45, 7) is 4.26. The number of aryl methyl sites for hydroxylation is 2. The molecule has 0 radical (unpaired) electrons. The van der Waals surface area contributed by atoms with Crippen LogP contribution in [0.2, 0.25) is 0 Å². The van der Waals surface area contributed by atoms with Gasteiger partial charge in [0, 0.05) is 50.9 Å². The van der Waals surface area contributed by atoms with Crippen molar-refractivity contribution in [2.24, 2.45) is 7.05 Å². The summed E-state index contributed by atoms with van der Waals surface area (Å²) in [7, 11) is 1.64. The summed E-state index contributed by atoms with van der Waals surface area (Å²) in [6.07, 6.45) is 7.69. The first kappa shape index (κ1) is 21.7. The van der Waals surface area contributed by atoms with Crippen LogP contribution in [-0.2, 0) is 7.05 Å². The van der Waals surface area contributed by atoms with Gasteiger partial charge in [-0.15, -0.1) is 0 Å². The van der Waals surface area contributed by atoms with E-state index in [1.54, 1.807) is 11.9 Å². The van der Waals surface area contributed by atoms with Crippen LogP contribution < -0.4 is 0 Å². The second-order valence-electron chi connectivity index (χ2n) is 8.41. The summed E-state index contributed by atoms with van der Waals surface area (Å²) in [5, 5.41) is 11.0. The van der Waals surface area contributed by atoms with Crippen LogP contribution >= 0.6 is 0 Å². The summed E-state index contributed by atoms with van der Waals surface area (Å²) < 4.78 is 1.50. The molecule has 0 N–H and O–H groups in total. The van der Waals surface area contributed by atoms with Gasteiger partial charge < -0.3 is 14.4 Å². The van der Waals surface area contributed by atoms with Crippen LogP contribution in [0.5, 0.6) is 0 Å². The van der Waals surface area contributed by atoms with Crippen molar-refractivity contribution in [2.75, 3.05) is 26.2 Å². The number of pyridine rings is 1. The predicted octanol–water partition coefficient (Wildman–Crippen LogP) is 3.06. The fraction of sp³-hybridized carbons (Fsp3) is 0.435. The lowest BCUT2D eigenvalue weighted by Crippen LogP contribution is -2.39. The maximum atomic E-state index is 13.2. The molecule has 2 aromatic rings. The van der Waals surface area contributed by atoms with Crippen molar-refractivity contribution in [3.63, 3.8) is 0 Å². The summed E-state index contributed by atoms with van der Waals surface area (Å²) in [5.74, 6) is -0.125. The van der Waals surface area contributed by atoms with Crippen LogP contribution in [0.15, 0.2) is 36.5 Å². The van der Waals surface area contributed by atoms with Gasteiger partial charge in [0.05, 0.1) is 22.4 Å². The minimum atomic E-state index is -0.497. The van der Waals surface area contributed by atoms with E-state index < -0.39 is 4.92 Å². The molecule has 0 atom stereocenters. The second kappa shape index (κ2) is 8.94. The van der Waals surface area contributed by atoms with Crippen molar-refractivity contribution in [2.45, 2.75) is 32.1 Å². The van der Waals surface area contributed by atoms with E-state index in [4.69, 9.17) is 4.98 Å². The van der Waals surface area contributed by atoms with Gasteiger partial charge in [-0.1, -0.05) is 12.2 Å². The van der Waals surface area contributed by atoms with Crippen molar-refractivity contribution in [1.29, 1.82) is 0 Å². The zero-order valence-electron chi connectivity index (χ0n) is 18.4. The Hall–Kier alpha value is -3.49. The van der Waals surface area contributed by atoms with Crippen LogP contribution in [0.1, 0.15) is 57.4 Å². The maximum absolute atomic E-state index is 13.2. The van der Waals surface area contributed by atoms with E-state index in [1.807, 2.05) is 30.0 Å². The largest absolute Gasteiger partial charge is 0.340 e. The average molecular weight is 438 g/mol. The Morgan fingerprint density at radius 1 is 1.09 bits per heavy atom. The Morgan fingerprint density at radius 2 is 1.84 bits per heavy atom. The van der Waals surface area contributed by atoms with E-state index in [0.29, 0.717) is 50.3 Å². The number of piperidine rings is 1. The molecule has 4 rings (SSSR count). The SMILES string of the molecule is Cc1ccc(C(=O)N2CC=CCC2)c(C2CCN(C(=O)c3cc([N+](=O)[O-])cn3C)CC2)n1. The lowest BCUT2D eigenvalue weighted by Gasteiger charge is -2.33. The predicted molar refractivity (Wildman–Crippen MR) is 119 cm³/mol. The molecule has 2 aromatic heterocycles. The molecule has 0 aliphatic carbocycles. The van der Waals surface area contributed by atoms with Crippen LogP contribution in [0.4, 0.5) is 5.69 Å². The van der Waals surface area contributed by atoms with E-state index in [1.165, 1.54) is 16.8 Å². The molecule has 0 spiro atoms. The molecule has 2 aliphatic rings. The highest BCUT2D eigenvalue weighted by Gasteiger charge is 2.31. The van der Waals surface area contributed by atoms with Crippen molar-refractivity contribution < 1.29 is 14.5 Å². The van der Waals surface area contributed by atoms with Gasteiger partial charge in [-0.25, -0.2) is 0 Å². The van der Waals surface area contributed by atoms with E-state index >= 15 is 0 Å². The Morgan fingerprint density at radius 3 is 2.47 bits per heavy atom. The molecule has 32 heavy (non-hydrogen) atoms. The smallest absolute Gasteiger partial charge is 0.287 e. The minimum Gasteiger partial charge on any atom is -0.340 e. The molecule has 168 valence electrons. The Labute approximate surface area is 186 Å². The first-order chi connectivity index (χ1) is 15.3. The van der Waals surface area contributed by atoms with Crippen molar-refractivity contribution in [1.82, 2.24) is 19.4 Å². The van der Waals surface area contributed by atoms with E-state index in [2.05, 4.69) is 6.08 Å². The number of nitrogens with zero attached hydrogens (tertiary/aromatic N) is 5. The van der Waals surface area contributed by atoms with Gasteiger partial charge in [-0.05, 0) is 38.3 Å². The van der Waals surface area contributed by atoms with Gasteiger partial charge in [-0.2, -0.15) is 0 Å². The van der Waals surface area contributed by atoms with E-state index in [0.717, 1.165) is 17.8 Å². The molecule has 9 nitrogen and oxygen atoms in total. The molecule has 1 saturated heterocycles. The number of amides is 2. The number of likely N-dealkylation sites (tertiary alicyclic amines) is 1. The fourth-order valence-corrected chi connectivity index (χ4v) is 4.44. The number of hydrogen-bond acceptors (Lipinski definition) is 5. The summed E-state index contributed by atoms with van der Waals surface area (Å²) in [6, 6.07) is 5.07. The molecule has 4 heterocycles. The third-order valence-corrected chi connectivity index (χ3v) is 6.23. The van der Waals surface area contributed by atoms with E-state index in [9.17, 15) is 19.7 Å². The number of carbonyl (C=O) groups excluding carboxylic acids is 2. The highest BCUT2D eigenvalue weighted by Crippen LogP contribution is 2.31. The molecule has 0 aromatic carbocycles. The topological polar surface area (TPSA) is 102 Å². The standard InChI is InChI=1S/C23H27N5O4/c1-16-6-7-19(22(29)26-10-4-3-5-11-26)21(24-16)17-8-12-27(13-9-17)23(30)20-14-18(28(31)32)15-25(20)2/h3-4,6-7,14-15,17H,5,8-13H2,1-2H3. The third kappa shape index (κ3) is 4.28. The van der Waals surface area contributed by atoms with Gasteiger partial charge in [0.25, 0.3) is 17.5 Å². The molecule has 0 saturated carbocycles. The summed E-state index contributed by atoms with van der Waals surface area (Å²) >= 11 is 0. The average Bonchev–Trinajstić information content (AvgIpc) is 3.21. The molecule has 0 bridgehead atoms. The number of nitro groups is 1. The van der Waals surface area contributed by atoms with Crippen LogP contribution in [0, 0.1) is 17.0 Å². The lowest BCUT2D eigenvalue weighted by molar-refractivity contribution is -0.384. The Balaban J connectivity index is 1.49. The van der Waals surface area contributed by atoms with Crippen molar-refractivity contribution >= 4 is 17.5 Å². The fourth-order valence-electron chi connectivity index (χ4n) is 4.44. The Bertz CT molecular complexity index is 1080. The van der Waals surface area contributed by atoms with Crippen LogP contribution in [0.3, 0.4) is 0 Å². The highest BCUT2D eigenvalue weighted by molar-refractivity contribution is 5.96. The molecular weight excluding hydrogens is 410 g/mol. The van der Waals surface area contributed by atoms with Gasteiger partial charge in [-0.3, -0.25) is 24.7 Å². The van der Waals surface area contributed by atoms with Gasteiger partial charge in [0.15, 0.2) is 0 Å². The first-order valence-corrected chi connectivity index (χ1v) is 10.9. The summed E-state index contributed by atoms with van der Waals surface area (Å²) in [5.41, 5.74) is 2.54. The first-order valence-electron chi connectivity index (χ1n) is 10.9. The zero-order valence-corrected chi connectivity index (χ0v) is 18.4. The second-order valence-corrected chi connectivity index (χ2v) is 8.41. The number of aromatic nitrogens is 2. The Kier molecular flexibility index (Phi) is 6.07. The van der Waals surface area contributed by atoms with Crippen LogP contribution in [0.25, 0.3) is 0 Å². The normalized spacial score (nSPS) is 16.9. The van der Waals surface area contributed by atoms with Crippen molar-refractivity contribution in [3.05, 3.63) is 69.3 Å². The van der Waals surface area contributed by atoms with Gasteiger partial charge >= 0.3 is 0 Å². The van der Waals surface area contributed by atoms with Gasteiger partial charge in [0.2, 0.25) is 0 Å². The summed E-state index contributed by atoms with van der Waals surface area (Å²) in [4.78, 5) is 44.9. The minimum absolute atomic E-state index is 0.00600. The quantitative estimate of drug-likeness (QED) is 0.416.